The molecule has 1 N–H and O–H groups in total. The zero-order chi connectivity index (χ0) is 13.2. The number of carbonyl (C=O) groups is 2. The Morgan fingerprint density at radius 1 is 1.16 bits per heavy atom. The molecule has 0 spiro atoms. The van der Waals surface area contributed by atoms with Gasteiger partial charge in [0.1, 0.15) is 0 Å². The third-order valence-electron chi connectivity index (χ3n) is 5.06. The summed E-state index contributed by atoms with van der Waals surface area (Å²) in [6.45, 7) is 1.60. The van der Waals surface area contributed by atoms with Crippen LogP contribution in [0.2, 0.25) is 0 Å². The molecule has 0 aromatic carbocycles. The molecule has 4 nitrogen and oxygen atoms in total. The first kappa shape index (κ1) is 12.9. The number of hydrogen-bond donors (Lipinski definition) is 1. The van der Waals surface area contributed by atoms with Crippen LogP contribution in [0, 0.1) is 11.8 Å². The number of likely N-dealkylation sites (tertiary alicyclic amines) is 1. The standard InChI is InChI=1S/C15H24N2O2/c18-14-7-3-6-12-9-17(10-13(12)16-14)15(19)8-11-4-1-2-5-11/h11-13H,1-10H2,(H,16,18)/t12-,13+/m1/s1. The van der Waals surface area contributed by atoms with Crippen LogP contribution in [0.4, 0.5) is 0 Å². The van der Waals surface area contributed by atoms with Gasteiger partial charge in [0.2, 0.25) is 11.8 Å². The Balaban J connectivity index is 1.55. The monoisotopic (exact) mass is 264 g/mol. The predicted molar refractivity (Wildman–Crippen MR) is 72.4 cm³/mol. The van der Waals surface area contributed by atoms with Gasteiger partial charge in [0, 0.05) is 25.9 Å². The molecule has 106 valence electrons. The predicted octanol–water partition coefficient (Wildman–Crippen LogP) is 1.69. The summed E-state index contributed by atoms with van der Waals surface area (Å²) >= 11 is 0. The summed E-state index contributed by atoms with van der Waals surface area (Å²) in [6.07, 6.45) is 8.47. The van der Waals surface area contributed by atoms with E-state index in [-0.39, 0.29) is 11.9 Å². The molecule has 0 aromatic heterocycles. The minimum atomic E-state index is 0.164. The van der Waals surface area contributed by atoms with E-state index < -0.39 is 0 Å². The zero-order valence-electron chi connectivity index (χ0n) is 11.6. The van der Waals surface area contributed by atoms with Crippen molar-refractivity contribution in [3.8, 4) is 0 Å². The second-order valence-corrected chi connectivity index (χ2v) is 6.48. The molecule has 0 radical (unpaired) electrons. The van der Waals surface area contributed by atoms with Gasteiger partial charge in [-0.25, -0.2) is 0 Å². The first-order valence-corrected chi connectivity index (χ1v) is 7.79. The van der Waals surface area contributed by atoms with Crippen molar-refractivity contribution in [2.24, 2.45) is 11.8 Å². The highest BCUT2D eigenvalue weighted by Crippen LogP contribution is 2.30. The van der Waals surface area contributed by atoms with Crippen molar-refractivity contribution in [3.63, 3.8) is 0 Å². The van der Waals surface area contributed by atoms with Crippen LogP contribution in [0.15, 0.2) is 0 Å². The summed E-state index contributed by atoms with van der Waals surface area (Å²) < 4.78 is 0. The van der Waals surface area contributed by atoms with Crippen molar-refractivity contribution in [1.29, 1.82) is 0 Å². The van der Waals surface area contributed by atoms with Gasteiger partial charge in [-0.1, -0.05) is 12.8 Å². The smallest absolute Gasteiger partial charge is 0.222 e. The summed E-state index contributed by atoms with van der Waals surface area (Å²) in [5.74, 6) is 1.58. The minimum absolute atomic E-state index is 0.164. The lowest BCUT2D eigenvalue weighted by atomic mass is 9.99. The van der Waals surface area contributed by atoms with Crippen LogP contribution in [0.1, 0.15) is 51.4 Å². The minimum Gasteiger partial charge on any atom is -0.351 e. The Kier molecular flexibility index (Phi) is 3.76. The first-order chi connectivity index (χ1) is 9.22. The lowest BCUT2D eigenvalue weighted by Gasteiger charge is -2.19. The molecule has 3 aliphatic rings. The van der Waals surface area contributed by atoms with Gasteiger partial charge in [0.15, 0.2) is 0 Å². The van der Waals surface area contributed by atoms with Crippen LogP contribution >= 0.6 is 0 Å². The molecular weight excluding hydrogens is 240 g/mol. The second kappa shape index (κ2) is 5.51. The lowest BCUT2D eigenvalue weighted by molar-refractivity contribution is -0.131. The van der Waals surface area contributed by atoms with Crippen LogP contribution in [-0.4, -0.2) is 35.8 Å². The second-order valence-electron chi connectivity index (χ2n) is 6.48. The summed E-state index contributed by atoms with van der Waals surface area (Å²) in [4.78, 5) is 25.9. The van der Waals surface area contributed by atoms with Crippen LogP contribution in [0.25, 0.3) is 0 Å². The van der Waals surface area contributed by atoms with Gasteiger partial charge in [-0.15, -0.1) is 0 Å². The number of amides is 2. The summed E-state index contributed by atoms with van der Waals surface area (Å²) in [5.41, 5.74) is 0. The number of fused-ring (bicyclic) bond motifs is 1. The van der Waals surface area contributed by atoms with E-state index in [0.717, 1.165) is 32.4 Å². The Bertz CT molecular complexity index is 363. The fourth-order valence-corrected chi connectivity index (χ4v) is 3.93. The molecule has 3 rings (SSSR count). The number of carbonyl (C=O) groups excluding carboxylic acids is 2. The van der Waals surface area contributed by atoms with Gasteiger partial charge >= 0.3 is 0 Å². The van der Waals surface area contributed by atoms with E-state index in [1.807, 2.05) is 4.90 Å². The highest BCUT2D eigenvalue weighted by molar-refractivity contribution is 5.78. The quantitative estimate of drug-likeness (QED) is 0.825. The van der Waals surface area contributed by atoms with Crippen LogP contribution in [0.3, 0.4) is 0 Å². The molecule has 2 amide bonds. The Morgan fingerprint density at radius 3 is 2.74 bits per heavy atom. The van der Waals surface area contributed by atoms with Crippen LogP contribution in [-0.2, 0) is 9.59 Å². The maximum atomic E-state index is 12.3. The molecule has 0 bridgehead atoms. The Labute approximate surface area is 114 Å². The number of hydrogen-bond acceptors (Lipinski definition) is 2. The van der Waals surface area contributed by atoms with Gasteiger partial charge < -0.3 is 10.2 Å². The van der Waals surface area contributed by atoms with Crippen molar-refractivity contribution in [2.45, 2.75) is 57.4 Å². The van der Waals surface area contributed by atoms with Crippen molar-refractivity contribution < 1.29 is 9.59 Å². The van der Waals surface area contributed by atoms with E-state index >= 15 is 0 Å². The van der Waals surface area contributed by atoms with Gasteiger partial charge in [-0.05, 0) is 37.5 Å². The van der Waals surface area contributed by atoms with E-state index in [4.69, 9.17) is 0 Å². The van der Waals surface area contributed by atoms with Gasteiger partial charge in [0.25, 0.3) is 0 Å². The molecule has 1 aliphatic carbocycles. The number of nitrogens with one attached hydrogen (secondary N) is 1. The van der Waals surface area contributed by atoms with E-state index in [1.54, 1.807) is 0 Å². The summed E-state index contributed by atoms with van der Waals surface area (Å²) in [7, 11) is 0. The van der Waals surface area contributed by atoms with Crippen LogP contribution in [0.5, 0.6) is 0 Å². The average molecular weight is 264 g/mol. The van der Waals surface area contributed by atoms with Crippen molar-refractivity contribution in [2.75, 3.05) is 13.1 Å². The van der Waals surface area contributed by atoms with E-state index in [2.05, 4.69) is 5.32 Å². The van der Waals surface area contributed by atoms with Gasteiger partial charge in [-0.2, -0.15) is 0 Å². The lowest BCUT2D eigenvalue weighted by Crippen LogP contribution is -2.39. The molecule has 2 heterocycles. The largest absolute Gasteiger partial charge is 0.351 e. The normalized spacial score (nSPS) is 32.0. The average Bonchev–Trinajstić information content (AvgIpc) is 2.97. The summed E-state index contributed by atoms with van der Waals surface area (Å²) in [6, 6.07) is 0.211. The van der Waals surface area contributed by atoms with E-state index in [9.17, 15) is 9.59 Å². The molecule has 2 aliphatic heterocycles. The topological polar surface area (TPSA) is 49.4 Å². The Hall–Kier alpha value is -1.06. The highest BCUT2D eigenvalue weighted by atomic mass is 16.2. The first-order valence-electron chi connectivity index (χ1n) is 7.79. The fraction of sp³-hybridized carbons (Fsp3) is 0.867. The molecule has 0 aromatic rings. The van der Waals surface area contributed by atoms with E-state index in [0.29, 0.717) is 24.2 Å². The van der Waals surface area contributed by atoms with Gasteiger partial charge in [-0.3, -0.25) is 9.59 Å². The Morgan fingerprint density at radius 2 is 1.95 bits per heavy atom. The van der Waals surface area contributed by atoms with Crippen molar-refractivity contribution in [1.82, 2.24) is 10.2 Å². The maximum absolute atomic E-state index is 12.3. The van der Waals surface area contributed by atoms with Crippen molar-refractivity contribution in [3.05, 3.63) is 0 Å². The SMILES string of the molecule is O=C1CCC[C@@H]2CN(C(=O)CC3CCCC3)C[C@@H]2N1. The fourth-order valence-electron chi connectivity index (χ4n) is 3.93. The summed E-state index contributed by atoms with van der Waals surface area (Å²) in [5, 5.41) is 3.09. The molecule has 1 saturated carbocycles. The third kappa shape index (κ3) is 2.93. The number of nitrogens with zero attached hydrogens (tertiary/aromatic N) is 1. The van der Waals surface area contributed by atoms with Gasteiger partial charge in [0.05, 0.1) is 6.04 Å². The molecule has 2 atom stereocenters. The molecule has 4 heteroatoms. The highest BCUT2D eigenvalue weighted by Gasteiger charge is 2.37. The molecular formula is C15H24N2O2. The van der Waals surface area contributed by atoms with Crippen LogP contribution < -0.4 is 5.32 Å². The molecule has 3 fully saturated rings. The van der Waals surface area contributed by atoms with Crippen molar-refractivity contribution >= 4 is 11.8 Å². The molecule has 0 unspecified atom stereocenters. The number of rotatable bonds is 2. The third-order valence-corrected chi connectivity index (χ3v) is 5.06. The maximum Gasteiger partial charge on any atom is 0.222 e. The van der Waals surface area contributed by atoms with E-state index in [1.165, 1.54) is 25.7 Å². The zero-order valence-corrected chi connectivity index (χ0v) is 11.6. The molecule has 19 heavy (non-hydrogen) atoms. The molecule has 2 saturated heterocycles.